The van der Waals surface area contributed by atoms with Crippen molar-refractivity contribution in [3.63, 3.8) is 0 Å². The first-order valence-corrected chi connectivity index (χ1v) is 11.4. The van der Waals surface area contributed by atoms with Crippen molar-refractivity contribution in [2.45, 2.75) is 18.9 Å². The fourth-order valence-corrected chi connectivity index (χ4v) is 5.27. The third-order valence-corrected chi connectivity index (χ3v) is 6.19. The van der Waals surface area contributed by atoms with Gasteiger partial charge in [0, 0.05) is 5.69 Å². The Morgan fingerprint density at radius 2 is 2.00 bits per heavy atom. The quantitative estimate of drug-likeness (QED) is 0.632. The Bertz CT molecular complexity index is 925. The van der Waals surface area contributed by atoms with Crippen LogP contribution < -0.4 is 10.0 Å². The molecule has 0 bridgehead atoms. The third kappa shape index (κ3) is 5.99. The Labute approximate surface area is 152 Å². The second kappa shape index (κ2) is 7.23. The van der Waals surface area contributed by atoms with Crippen LogP contribution in [0.2, 0.25) is 0 Å². The molecule has 26 heavy (non-hydrogen) atoms. The number of anilines is 1. The van der Waals surface area contributed by atoms with Gasteiger partial charge in [-0.3, -0.25) is 9.52 Å². The molecule has 1 aromatic rings. The maximum atomic E-state index is 12.0. The van der Waals surface area contributed by atoms with Gasteiger partial charge in [-0.2, -0.15) is 0 Å². The van der Waals surface area contributed by atoms with E-state index in [4.69, 9.17) is 4.74 Å². The Morgan fingerprint density at radius 1 is 1.31 bits per heavy atom. The molecule has 2 N–H and O–H groups in total. The van der Waals surface area contributed by atoms with Crippen molar-refractivity contribution in [3.05, 3.63) is 29.8 Å². The molecule has 1 aromatic carbocycles. The molecule has 1 unspecified atom stereocenters. The smallest absolute Gasteiger partial charge is 0.338 e. The number of ether oxygens (including phenoxy) is 1. The summed E-state index contributed by atoms with van der Waals surface area (Å²) in [6.45, 7) is 1.05. The molecule has 1 fully saturated rings. The van der Waals surface area contributed by atoms with E-state index in [1.807, 2.05) is 0 Å². The normalized spacial score (nSPS) is 21.8. The Balaban J connectivity index is 1.92. The van der Waals surface area contributed by atoms with Crippen LogP contribution in [0, 0.1) is 0 Å². The lowest BCUT2D eigenvalue weighted by molar-refractivity contribution is -0.125. The number of rotatable bonds is 6. The number of carbonyl (C=O) groups excluding carboxylic acids is 2. The Kier molecular flexibility index (Phi) is 5.61. The SMILES string of the molecule is CC1(NC(=O)COC(=O)c2cccc(NS(C)(=O)=O)c2)CCS(=O)(=O)C1. The van der Waals surface area contributed by atoms with Gasteiger partial charge in [-0.15, -0.1) is 0 Å². The van der Waals surface area contributed by atoms with Gasteiger partial charge in [-0.25, -0.2) is 21.6 Å². The van der Waals surface area contributed by atoms with E-state index in [0.29, 0.717) is 6.42 Å². The summed E-state index contributed by atoms with van der Waals surface area (Å²) in [5.74, 6) is -1.56. The molecule has 1 saturated heterocycles. The van der Waals surface area contributed by atoms with Crippen LogP contribution in [0.5, 0.6) is 0 Å². The molecule has 11 heteroatoms. The second-order valence-corrected chi connectivity index (χ2v) is 10.4. The molecule has 1 aliphatic heterocycles. The predicted molar refractivity (Wildman–Crippen MR) is 95.0 cm³/mol. The minimum Gasteiger partial charge on any atom is -0.452 e. The zero-order chi connectivity index (χ0) is 19.6. The van der Waals surface area contributed by atoms with Crippen LogP contribution in [-0.2, 0) is 29.4 Å². The molecule has 2 rings (SSSR count). The summed E-state index contributed by atoms with van der Waals surface area (Å²) in [7, 11) is -6.66. The standard InChI is InChI=1S/C15H20N2O7S2/c1-15(6-7-26(22,23)10-15)16-13(18)9-24-14(19)11-4-3-5-12(8-11)17-25(2,20)21/h3-5,8,17H,6-7,9-10H2,1-2H3,(H,16,18). The van der Waals surface area contributed by atoms with Crippen LogP contribution in [0.15, 0.2) is 24.3 Å². The molecule has 0 radical (unpaired) electrons. The number of sulfone groups is 1. The number of nitrogens with one attached hydrogen (secondary N) is 2. The summed E-state index contributed by atoms with van der Waals surface area (Å²) in [6.07, 6.45) is 1.28. The molecule has 144 valence electrons. The van der Waals surface area contributed by atoms with Crippen molar-refractivity contribution < 1.29 is 31.2 Å². The molecule has 1 aliphatic rings. The van der Waals surface area contributed by atoms with Crippen molar-refractivity contribution >= 4 is 37.4 Å². The number of benzene rings is 1. The van der Waals surface area contributed by atoms with E-state index in [9.17, 15) is 26.4 Å². The van der Waals surface area contributed by atoms with Crippen LogP contribution in [0.4, 0.5) is 5.69 Å². The van der Waals surface area contributed by atoms with Crippen LogP contribution in [0.3, 0.4) is 0 Å². The first-order valence-electron chi connectivity index (χ1n) is 7.64. The Morgan fingerprint density at radius 3 is 2.58 bits per heavy atom. The number of esters is 1. The van der Waals surface area contributed by atoms with Gasteiger partial charge in [0.25, 0.3) is 5.91 Å². The van der Waals surface area contributed by atoms with Gasteiger partial charge in [0.15, 0.2) is 16.4 Å². The molecule has 1 amide bonds. The van der Waals surface area contributed by atoms with E-state index in [2.05, 4.69) is 10.0 Å². The zero-order valence-electron chi connectivity index (χ0n) is 14.3. The predicted octanol–water partition coefficient (Wildman–Crippen LogP) is -0.0917. The monoisotopic (exact) mass is 404 g/mol. The number of hydrogen-bond donors (Lipinski definition) is 2. The lowest BCUT2D eigenvalue weighted by atomic mass is 10.0. The molecule has 1 heterocycles. The molecule has 0 saturated carbocycles. The first kappa shape index (κ1) is 20.2. The van der Waals surface area contributed by atoms with E-state index >= 15 is 0 Å². The first-order chi connectivity index (χ1) is 11.9. The summed E-state index contributed by atoms with van der Waals surface area (Å²) in [5, 5.41) is 2.57. The molecular formula is C15H20N2O7S2. The molecular weight excluding hydrogens is 384 g/mol. The van der Waals surface area contributed by atoms with Gasteiger partial charge < -0.3 is 10.1 Å². The molecule has 9 nitrogen and oxygen atoms in total. The highest BCUT2D eigenvalue weighted by atomic mass is 32.2. The molecule has 0 spiro atoms. The van der Waals surface area contributed by atoms with Crippen molar-refractivity contribution in [1.82, 2.24) is 5.32 Å². The van der Waals surface area contributed by atoms with Gasteiger partial charge >= 0.3 is 5.97 Å². The molecule has 0 aliphatic carbocycles. The molecule has 1 atom stereocenters. The fraction of sp³-hybridized carbons (Fsp3) is 0.467. The number of amides is 1. The number of carbonyl (C=O) groups is 2. The number of sulfonamides is 1. The van der Waals surface area contributed by atoms with Crippen molar-refractivity contribution in [2.24, 2.45) is 0 Å². The van der Waals surface area contributed by atoms with Gasteiger partial charge in [-0.05, 0) is 31.5 Å². The van der Waals surface area contributed by atoms with Gasteiger partial charge in [0.2, 0.25) is 10.0 Å². The average Bonchev–Trinajstić information content (AvgIpc) is 2.76. The highest BCUT2D eigenvalue weighted by Gasteiger charge is 2.39. The topological polar surface area (TPSA) is 136 Å². The summed E-state index contributed by atoms with van der Waals surface area (Å²) >= 11 is 0. The lowest BCUT2D eigenvalue weighted by Gasteiger charge is -2.23. The van der Waals surface area contributed by atoms with E-state index in [0.717, 1.165) is 6.26 Å². The maximum Gasteiger partial charge on any atom is 0.338 e. The largest absolute Gasteiger partial charge is 0.452 e. The molecule has 0 aromatic heterocycles. The van der Waals surface area contributed by atoms with Gasteiger partial charge in [-0.1, -0.05) is 6.07 Å². The minimum atomic E-state index is -3.49. The number of hydrogen-bond acceptors (Lipinski definition) is 7. The second-order valence-electron chi connectivity index (χ2n) is 6.48. The minimum absolute atomic E-state index is 0.00367. The third-order valence-electron chi connectivity index (χ3n) is 3.68. The fourth-order valence-electron chi connectivity index (χ4n) is 2.62. The van der Waals surface area contributed by atoms with E-state index < -0.39 is 43.9 Å². The maximum absolute atomic E-state index is 12.0. The van der Waals surface area contributed by atoms with Crippen LogP contribution in [0.25, 0.3) is 0 Å². The average molecular weight is 404 g/mol. The van der Waals surface area contributed by atoms with Gasteiger partial charge in [0.05, 0.1) is 28.9 Å². The van der Waals surface area contributed by atoms with Crippen molar-refractivity contribution in [3.8, 4) is 0 Å². The zero-order valence-corrected chi connectivity index (χ0v) is 15.9. The lowest BCUT2D eigenvalue weighted by Crippen LogP contribution is -2.48. The van der Waals surface area contributed by atoms with Crippen molar-refractivity contribution in [2.75, 3.05) is 29.1 Å². The van der Waals surface area contributed by atoms with Gasteiger partial charge in [0.1, 0.15) is 0 Å². The van der Waals surface area contributed by atoms with E-state index in [1.54, 1.807) is 6.92 Å². The Hall–Kier alpha value is -2.14. The summed E-state index contributed by atoms with van der Waals surface area (Å²) in [5.41, 5.74) is -0.613. The summed E-state index contributed by atoms with van der Waals surface area (Å²) < 4.78 is 52.6. The van der Waals surface area contributed by atoms with Crippen molar-refractivity contribution in [1.29, 1.82) is 0 Å². The van der Waals surface area contributed by atoms with E-state index in [1.165, 1.54) is 24.3 Å². The summed E-state index contributed by atoms with van der Waals surface area (Å²) in [4.78, 5) is 23.9. The van der Waals surface area contributed by atoms with Crippen LogP contribution in [0.1, 0.15) is 23.7 Å². The van der Waals surface area contributed by atoms with E-state index in [-0.39, 0.29) is 22.8 Å². The van der Waals surface area contributed by atoms with Crippen LogP contribution >= 0.6 is 0 Å². The summed E-state index contributed by atoms with van der Waals surface area (Å²) in [6, 6.07) is 5.63. The highest BCUT2D eigenvalue weighted by molar-refractivity contribution is 7.92. The van der Waals surface area contributed by atoms with Crippen LogP contribution in [-0.4, -0.2) is 58.6 Å². The highest BCUT2D eigenvalue weighted by Crippen LogP contribution is 2.22.